The van der Waals surface area contributed by atoms with Gasteiger partial charge in [-0.2, -0.15) is 0 Å². The summed E-state index contributed by atoms with van der Waals surface area (Å²) in [4.78, 5) is 13.7. The molecule has 0 aromatic rings. The molecule has 0 saturated carbocycles. The molecule has 0 aliphatic heterocycles. The Labute approximate surface area is 259 Å². The van der Waals surface area contributed by atoms with Crippen LogP contribution < -0.4 is 5.73 Å². The molecule has 0 aromatic carbocycles. The number of hydrogen-bond donors (Lipinski definition) is 1. The van der Waals surface area contributed by atoms with Crippen LogP contribution in [0.5, 0.6) is 0 Å². The molecular formula is C37H78NO2P. The standard InChI is InChI=1S/C37H78NO2P/c1-7-11-15-19-20-21-22-23-24-25-26-30-34-41(31-27-16-12-8-2,32-28-17-13-9-3,33-29-18-14-10-4)40-37(39)36(38)35(5)6/h35-36H,7-34,38H2,1-6H3/t36-/m0/s1. The van der Waals surface area contributed by atoms with Gasteiger partial charge in [0.25, 0.3) is 0 Å². The second kappa shape index (κ2) is 26.3. The van der Waals surface area contributed by atoms with E-state index < -0.39 is 12.9 Å². The predicted molar refractivity (Wildman–Crippen MR) is 189 cm³/mol. The fraction of sp³-hybridized carbons (Fsp3) is 0.973. The zero-order valence-corrected chi connectivity index (χ0v) is 30.2. The second-order valence-corrected chi connectivity index (χ2v) is 19.7. The maximum atomic E-state index is 13.7. The monoisotopic (exact) mass is 600 g/mol. The van der Waals surface area contributed by atoms with Crippen LogP contribution in [0.25, 0.3) is 0 Å². The first-order valence-electron chi connectivity index (χ1n) is 18.8. The summed E-state index contributed by atoms with van der Waals surface area (Å²) in [6.07, 6.45) is 36.1. The molecule has 0 heterocycles. The first-order valence-corrected chi connectivity index (χ1v) is 21.7. The summed E-state index contributed by atoms with van der Waals surface area (Å²) in [5, 5.41) is 0. The number of rotatable bonds is 31. The van der Waals surface area contributed by atoms with E-state index in [2.05, 4.69) is 41.5 Å². The van der Waals surface area contributed by atoms with E-state index in [1.54, 1.807) is 0 Å². The number of carbonyl (C=O) groups is 1. The van der Waals surface area contributed by atoms with Crippen LogP contribution in [0.2, 0.25) is 0 Å². The van der Waals surface area contributed by atoms with Gasteiger partial charge in [-0.05, 0) is 0 Å². The van der Waals surface area contributed by atoms with Crippen molar-refractivity contribution >= 4 is 12.8 Å². The van der Waals surface area contributed by atoms with Crippen molar-refractivity contribution in [1.82, 2.24) is 0 Å². The van der Waals surface area contributed by atoms with Crippen molar-refractivity contribution in [2.45, 2.75) is 202 Å². The second-order valence-electron chi connectivity index (χ2n) is 14.0. The van der Waals surface area contributed by atoms with Crippen LogP contribution in [0.15, 0.2) is 0 Å². The van der Waals surface area contributed by atoms with Gasteiger partial charge in [0.15, 0.2) is 0 Å². The molecule has 41 heavy (non-hydrogen) atoms. The molecule has 0 aliphatic rings. The normalized spacial score (nSPS) is 13.8. The van der Waals surface area contributed by atoms with Crippen molar-refractivity contribution < 1.29 is 9.32 Å². The van der Waals surface area contributed by atoms with Crippen molar-refractivity contribution in [2.24, 2.45) is 11.7 Å². The van der Waals surface area contributed by atoms with E-state index in [0.717, 1.165) is 24.6 Å². The van der Waals surface area contributed by atoms with E-state index in [4.69, 9.17) is 10.3 Å². The zero-order valence-electron chi connectivity index (χ0n) is 29.3. The van der Waals surface area contributed by atoms with E-state index in [-0.39, 0.29) is 11.9 Å². The van der Waals surface area contributed by atoms with Crippen LogP contribution in [-0.4, -0.2) is 36.7 Å². The van der Waals surface area contributed by atoms with Crippen LogP contribution in [0.3, 0.4) is 0 Å². The number of carbonyl (C=O) groups excluding carboxylic acids is 1. The van der Waals surface area contributed by atoms with Gasteiger partial charge in [0, 0.05) is 0 Å². The molecule has 248 valence electrons. The summed E-state index contributed by atoms with van der Waals surface area (Å²) < 4.78 is 7.06. The molecule has 0 radical (unpaired) electrons. The van der Waals surface area contributed by atoms with Crippen molar-refractivity contribution in [3.8, 4) is 0 Å². The Bertz CT molecular complexity index is 559. The fourth-order valence-electron chi connectivity index (χ4n) is 6.61. The molecule has 2 N–H and O–H groups in total. The summed E-state index contributed by atoms with van der Waals surface area (Å²) in [6, 6.07) is -0.500. The van der Waals surface area contributed by atoms with Gasteiger partial charge in [-0.15, -0.1) is 0 Å². The Kier molecular flexibility index (Phi) is 26.2. The summed E-state index contributed by atoms with van der Waals surface area (Å²) >= 11 is 0. The maximum absolute atomic E-state index is 13.7. The molecule has 1 atom stereocenters. The number of hydrogen-bond acceptors (Lipinski definition) is 3. The Hall–Kier alpha value is -0.140. The van der Waals surface area contributed by atoms with Gasteiger partial charge in [0.05, 0.1) is 0 Å². The van der Waals surface area contributed by atoms with Crippen LogP contribution >= 0.6 is 6.83 Å². The molecule has 0 fully saturated rings. The predicted octanol–water partition coefficient (Wildman–Crippen LogP) is 12.4. The van der Waals surface area contributed by atoms with Gasteiger partial charge in [-0.25, -0.2) is 0 Å². The van der Waals surface area contributed by atoms with Gasteiger partial charge in [0.1, 0.15) is 0 Å². The van der Waals surface area contributed by atoms with Gasteiger partial charge < -0.3 is 0 Å². The molecule has 0 bridgehead atoms. The van der Waals surface area contributed by atoms with Crippen molar-refractivity contribution in [3.63, 3.8) is 0 Å². The molecule has 0 unspecified atom stereocenters. The molecule has 3 nitrogen and oxygen atoms in total. The third-order valence-electron chi connectivity index (χ3n) is 9.65. The van der Waals surface area contributed by atoms with Gasteiger partial charge >= 0.3 is 247 Å². The quantitative estimate of drug-likeness (QED) is 0.0637. The Morgan fingerprint density at radius 3 is 1.00 bits per heavy atom. The average Bonchev–Trinajstić information content (AvgIpc) is 2.96. The Morgan fingerprint density at radius 2 is 0.732 bits per heavy atom. The SMILES string of the molecule is CCCCCCCCCCCCCCP(CCCCCC)(CCCCCC)(CCCCCC)OC(=O)[C@@H](N)C(C)C. The van der Waals surface area contributed by atoms with E-state index in [1.165, 1.54) is 154 Å². The van der Waals surface area contributed by atoms with Crippen molar-refractivity contribution in [2.75, 3.05) is 24.6 Å². The van der Waals surface area contributed by atoms with Gasteiger partial charge in [0.2, 0.25) is 0 Å². The zero-order chi connectivity index (χ0) is 30.7. The summed E-state index contributed by atoms with van der Waals surface area (Å²) in [5.41, 5.74) is 6.47. The van der Waals surface area contributed by atoms with E-state index >= 15 is 0 Å². The van der Waals surface area contributed by atoms with Crippen molar-refractivity contribution in [3.05, 3.63) is 0 Å². The van der Waals surface area contributed by atoms with Crippen LogP contribution in [0.4, 0.5) is 0 Å². The number of unbranched alkanes of at least 4 members (excludes halogenated alkanes) is 20. The van der Waals surface area contributed by atoms with Gasteiger partial charge in [-0.1, -0.05) is 13.3 Å². The molecule has 4 heteroatoms. The Balaban J connectivity index is 5.56. The molecular weight excluding hydrogens is 521 g/mol. The van der Waals surface area contributed by atoms with Gasteiger partial charge in [-0.3, -0.25) is 0 Å². The van der Waals surface area contributed by atoms with E-state index in [0.29, 0.717) is 0 Å². The third kappa shape index (κ3) is 19.7. The summed E-state index contributed by atoms with van der Waals surface area (Å²) in [5.74, 6) is 0.0369. The minimum absolute atomic E-state index is 0.0851. The first kappa shape index (κ1) is 40.9. The Morgan fingerprint density at radius 1 is 0.488 bits per heavy atom. The fourth-order valence-corrected chi connectivity index (χ4v) is 13.0. The van der Waals surface area contributed by atoms with Crippen LogP contribution in [0.1, 0.15) is 196 Å². The molecule has 0 aliphatic carbocycles. The average molecular weight is 600 g/mol. The molecule has 0 rings (SSSR count). The van der Waals surface area contributed by atoms with E-state index in [9.17, 15) is 4.79 Å². The first-order chi connectivity index (χ1) is 19.8. The molecule has 0 aromatic heterocycles. The summed E-state index contributed by atoms with van der Waals surface area (Å²) in [7, 11) is 0. The summed E-state index contributed by atoms with van der Waals surface area (Å²) in [6.45, 7) is 10.6. The van der Waals surface area contributed by atoms with Crippen molar-refractivity contribution in [1.29, 1.82) is 0 Å². The third-order valence-corrected chi connectivity index (χ3v) is 16.1. The van der Waals surface area contributed by atoms with E-state index in [1.807, 2.05) is 0 Å². The van der Waals surface area contributed by atoms with Crippen LogP contribution in [0, 0.1) is 5.92 Å². The topological polar surface area (TPSA) is 52.3 Å². The molecule has 0 amide bonds. The van der Waals surface area contributed by atoms with Crippen LogP contribution in [-0.2, 0) is 9.32 Å². The molecule has 0 spiro atoms. The number of nitrogens with two attached hydrogens (primary N) is 1. The molecule has 0 saturated heterocycles. The minimum atomic E-state index is -2.70.